The van der Waals surface area contributed by atoms with Crippen LogP contribution in [0.4, 0.5) is 0 Å². The highest BCUT2D eigenvalue weighted by Crippen LogP contribution is 2.44. The molecular weight excluding hydrogens is 304 g/mol. The van der Waals surface area contributed by atoms with E-state index in [-0.39, 0.29) is 23.8 Å². The van der Waals surface area contributed by atoms with Crippen molar-refractivity contribution in [2.45, 2.75) is 83.7 Å². The molecule has 0 aromatic heterocycles. The van der Waals surface area contributed by atoms with Crippen molar-refractivity contribution < 1.29 is 19.4 Å². The number of fused-ring (bicyclic) bond motifs is 2. The van der Waals surface area contributed by atoms with Crippen LogP contribution in [0.15, 0.2) is 34.4 Å². The Morgan fingerprint density at radius 2 is 1.83 bits per heavy atom. The molecule has 2 heterocycles. The highest BCUT2D eigenvalue weighted by Gasteiger charge is 2.52. The number of aliphatic hydroxyl groups excluding tert-OH is 1. The maximum Gasteiger partial charge on any atom is 0.334 e. The lowest BCUT2D eigenvalue weighted by Gasteiger charge is -2.15. The smallest absolute Gasteiger partial charge is 0.334 e. The van der Waals surface area contributed by atoms with Gasteiger partial charge in [-0.3, -0.25) is 0 Å². The third-order valence-electron chi connectivity index (χ3n) is 5.52. The average molecular weight is 332 g/mol. The lowest BCUT2D eigenvalue weighted by atomic mass is 9.92. The van der Waals surface area contributed by atoms with Crippen molar-refractivity contribution in [1.29, 1.82) is 0 Å². The van der Waals surface area contributed by atoms with Gasteiger partial charge in [0.1, 0.15) is 6.10 Å². The molecule has 0 aromatic carbocycles. The molecule has 132 valence electrons. The summed E-state index contributed by atoms with van der Waals surface area (Å²) in [5, 5.41) is 10.3. The molecule has 2 aliphatic heterocycles. The fourth-order valence-electron chi connectivity index (χ4n) is 3.84. The summed E-state index contributed by atoms with van der Waals surface area (Å²) in [7, 11) is 0. The Hall–Kier alpha value is -1.39. The molecule has 0 spiro atoms. The van der Waals surface area contributed by atoms with E-state index in [1.54, 1.807) is 0 Å². The van der Waals surface area contributed by atoms with Gasteiger partial charge in [0, 0.05) is 12.0 Å². The number of aliphatic hydroxyl groups is 1. The third kappa shape index (κ3) is 3.65. The van der Waals surface area contributed by atoms with Gasteiger partial charge < -0.3 is 14.6 Å². The summed E-state index contributed by atoms with van der Waals surface area (Å²) < 4.78 is 11.4. The molecule has 0 amide bonds. The normalized spacial score (nSPS) is 42.0. The van der Waals surface area contributed by atoms with Gasteiger partial charge >= 0.3 is 5.97 Å². The monoisotopic (exact) mass is 332 g/mol. The molecule has 4 heteroatoms. The first kappa shape index (κ1) is 17.4. The second-order valence-electron chi connectivity index (χ2n) is 7.73. The first-order valence-electron chi connectivity index (χ1n) is 8.89. The van der Waals surface area contributed by atoms with Crippen LogP contribution in [0.3, 0.4) is 0 Å². The Morgan fingerprint density at radius 1 is 1.12 bits per heavy atom. The molecule has 0 unspecified atom stereocenters. The van der Waals surface area contributed by atoms with Gasteiger partial charge in [0.25, 0.3) is 0 Å². The number of allylic oxidation sites excluding steroid dienone is 2. The van der Waals surface area contributed by atoms with Crippen LogP contribution in [-0.4, -0.2) is 35.0 Å². The van der Waals surface area contributed by atoms with Crippen LogP contribution in [0.1, 0.15) is 59.8 Å². The van der Waals surface area contributed by atoms with Gasteiger partial charge in [-0.05, 0) is 65.0 Å². The van der Waals surface area contributed by atoms with E-state index in [2.05, 4.69) is 19.9 Å². The number of ether oxygens (including phenoxy) is 2. The van der Waals surface area contributed by atoms with Crippen molar-refractivity contribution in [3.05, 3.63) is 34.4 Å². The minimum atomic E-state index is -0.480. The minimum absolute atomic E-state index is 0.204. The number of carbonyl (C=O) groups excluding carboxylic acids is 1. The zero-order chi connectivity index (χ0) is 17.5. The Bertz CT molecular complexity index is 628. The Balaban J connectivity index is 1.84. The molecule has 0 saturated carbocycles. The molecule has 1 saturated heterocycles. The fraction of sp³-hybridized carbons (Fsp3) is 0.650. The van der Waals surface area contributed by atoms with E-state index in [4.69, 9.17) is 9.47 Å². The Kier molecular flexibility index (Phi) is 4.71. The Morgan fingerprint density at radius 3 is 2.58 bits per heavy atom. The van der Waals surface area contributed by atoms with Gasteiger partial charge in [-0.15, -0.1) is 0 Å². The molecule has 4 atom stereocenters. The van der Waals surface area contributed by atoms with E-state index in [1.807, 2.05) is 19.9 Å². The summed E-state index contributed by atoms with van der Waals surface area (Å²) in [5.74, 6) is -0.205. The zero-order valence-electron chi connectivity index (χ0n) is 15.1. The molecule has 0 radical (unpaired) electrons. The first-order chi connectivity index (χ1) is 11.3. The van der Waals surface area contributed by atoms with E-state index in [0.717, 1.165) is 42.4 Å². The lowest BCUT2D eigenvalue weighted by Crippen LogP contribution is -2.19. The van der Waals surface area contributed by atoms with Crippen LogP contribution in [0.25, 0.3) is 0 Å². The lowest BCUT2D eigenvalue weighted by molar-refractivity contribution is -0.138. The van der Waals surface area contributed by atoms with Crippen LogP contribution in [-0.2, 0) is 14.3 Å². The highest BCUT2D eigenvalue weighted by molar-refractivity contribution is 5.92. The molecule has 4 nitrogen and oxygen atoms in total. The van der Waals surface area contributed by atoms with Crippen LogP contribution in [0.2, 0.25) is 0 Å². The number of esters is 1. The van der Waals surface area contributed by atoms with Crippen LogP contribution in [0, 0.1) is 0 Å². The number of hydrogen-bond donors (Lipinski definition) is 1. The summed E-state index contributed by atoms with van der Waals surface area (Å²) in [5.41, 5.74) is 3.97. The van der Waals surface area contributed by atoms with Crippen LogP contribution in [0.5, 0.6) is 0 Å². The predicted octanol–water partition coefficient (Wildman–Crippen LogP) is 3.60. The van der Waals surface area contributed by atoms with Gasteiger partial charge in [0.15, 0.2) is 0 Å². The fourth-order valence-corrected chi connectivity index (χ4v) is 3.84. The van der Waals surface area contributed by atoms with Crippen molar-refractivity contribution in [3.63, 3.8) is 0 Å². The SMILES string of the molecule is CC1=C2CC/C(C)=C/[C@@H](O)C[C@]3(C)O[C@H]3CC/C(C)=C/[C@@H]2OC1=O. The maximum atomic E-state index is 11.9. The number of rotatable bonds is 0. The summed E-state index contributed by atoms with van der Waals surface area (Å²) in [6.07, 6.45) is 7.62. The second-order valence-corrected chi connectivity index (χ2v) is 7.73. The topological polar surface area (TPSA) is 59.1 Å². The molecule has 0 aromatic rings. The highest BCUT2D eigenvalue weighted by atomic mass is 16.6. The average Bonchev–Trinajstić information content (AvgIpc) is 3.04. The van der Waals surface area contributed by atoms with Crippen molar-refractivity contribution >= 4 is 5.97 Å². The zero-order valence-corrected chi connectivity index (χ0v) is 15.1. The summed E-state index contributed by atoms with van der Waals surface area (Å²) in [6, 6.07) is 0. The summed E-state index contributed by atoms with van der Waals surface area (Å²) in [4.78, 5) is 11.9. The van der Waals surface area contributed by atoms with E-state index in [0.29, 0.717) is 6.42 Å². The van der Waals surface area contributed by atoms with Gasteiger partial charge in [-0.25, -0.2) is 4.79 Å². The Labute approximate surface area is 144 Å². The molecule has 3 aliphatic rings. The van der Waals surface area contributed by atoms with Crippen molar-refractivity contribution in [1.82, 2.24) is 0 Å². The molecule has 1 fully saturated rings. The standard InChI is InChI=1S/C20H28O4/c1-12-5-7-16-14(3)19(22)23-17(16)10-13(2)6-8-18-20(4,24-18)11-15(21)9-12/h9-10,15,17-18,21H,5-8,11H2,1-4H3/b12-9+,13-10+/t15-,17+,18+,20+/m1/s1. The van der Waals surface area contributed by atoms with Crippen molar-refractivity contribution in [2.24, 2.45) is 0 Å². The molecular formula is C20H28O4. The third-order valence-corrected chi connectivity index (χ3v) is 5.52. The number of epoxide rings is 1. The quantitative estimate of drug-likeness (QED) is 0.418. The number of hydrogen-bond acceptors (Lipinski definition) is 4. The predicted molar refractivity (Wildman–Crippen MR) is 92.5 cm³/mol. The maximum absolute atomic E-state index is 11.9. The number of carbonyl (C=O) groups is 1. The van der Waals surface area contributed by atoms with E-state index >= 15 is 0 Å². The van der Waals surface area contributed by atoms with Gasteiger partial charge in [-0.2, -0.15) is 0 Å². The molecule has 1 N–H and O–H groups in total. The van der Waals surface area contributed by atoms with Crippen molar-refractivity contribution in [3.8, 4) is 0 Å². The first-order valence-corrected chi connectivity index (χ1v) is 8.89. The second kappa shape index (κ2) is 6.49. The molecule has 0 bridgehead atoms. The molecule has 1 aliphatic carbocycles. The van der Waals surface area contributed by atoms with Crippen LogP contribution >= 0.6 is 0 Å². The van der Waals surface area contributed by atoms with Crippen LogP contribution < -0.4 is 0 Å². The van der Waals surface area contributed by atoms with E-state index in [9.17, 15) is 9.90 Å². The largest absolute Gasteiger partial charge is 0.450 e. The van der Waals surface area contributed by atoms with Gasteiger partial charge in [0.2, 0.25) is 0 Å². The van der Waals surface area contributed by atoms with Gasteiger partial charge in [-0.1, -0.05) is 17.2 Å². The summed E-state index contributed by atoms with van der Waals surface area (Å²) in [6.45, 7) is 8.05. The molecule has 24 heavy (non-hydrogen) atoms. The van der Waals surface area contributed by atoms with Crippen molar-refractivity contribution in [2.75, 3.05) is 0 Å². The van der Waals surface area contributed by atoms with E-state index < -0.39 is 6.10 Å². The molecule has 3 rings (SSSR count). The van der Waals surface area contributed by atoms with E-state index in [1.165, 1.54) is 5.57 Å². The minimum Gasteiger partial charge on any atom is -0.450 e. The summed E-state index contributed by atoms with van der Waals surface area (Å²) >= 11 is 0. The van der Waals surface area contributed by atoms with Gasteiger partial charge in [0.05, 0.1) is 17.8 Å².